The highest BCUT2D eigenvalue weighted by Gasteiger charge is 2.12. The highest BCUT2D eigenvalue weighted by atomic mass is 127. The number of nitrogens with two attached hydrogens (primary N) is 1. The molecule has 26 heavy (non-hydrogen) atoms. The van der Waals surface area contributed by atoms with Crippen LogP contribution in [0.4, 0.5) is 0 Å². The number of hydrogen-bond acceptors (Lipinski definition) is 4. The second-order valence-electron chi connectivity index (χ2n) is 6.53. The fourth-order valence-electron chi connectivity index (χ4n) is 2.68. The molecule has 1 aromatic rings. The summed E-state index contributed by atoms with van der Waals surface area (Å²) in [7, 11) is 0. The van der Waals surface area contributed by atoms with Gasteiger partial charge in [-0.25, -0.2) is 4.99 Å². The quantitative estimate of drug-likeness (QED) is 0.208. The lowest BCUT2D eigenvalue weighted by atomic mass is 10.2. The van der Waals surface area contributed by atoms with Crippen molar-refractivity contribution in [2.45, 2.75) is 59.7 Å². The van der Waals surface area contributed by atoms with Crippen LogP contribution in [-0.2, 0) is 6.54 Å². The van der Waals surface area contributed by atoms with E-state index in [-0.39, 0.29) is 29.7 Å². The number of halogens is 1. The second kappa shape index (κ2) is 13.0. The Morgan fingerprint density at radius 1 is 1.23 bits per heavy atom. The molecule has 0 bridgehead atoms. The van der Waals surface area contributed by atoms with E-state index in [2.05, 4.69) is 48.2 Å². The summed E-state index contributed by atoms with van der Waals surface area (Å²) in [5, 5.41) is 6.54. The summed E-state index contributed by atoms with van der Waals surface area (Å²) in [5.41, 5.74) is 5.18. The van der Waals surface area contributed by atoms with Gasteiger partial charge >= 0.3 is 0 Å². The number of nitrogens with one attached hydrogen (secondary N) is 2. The number of hydrogen-bond donors (Lipinski definition) is 3. The maximum Gasteiger partial charge on any atom is 0.284 e. The van der Waals surface area contributed by atoms with Crippen LogP contribution in [0.2, 0.25) is 0 Å². The molecule has 0 saturated carbocycles. The molecule has 1 heterocycles. The van der Waals surface area contributed by atoms with Crippen LogP contribution in [0.3, 0.4) is 0 Å². The minimum Gasteiger partial charge on any atom is -0.454 e. The molecule has 0 aromatic carbocycles. The molecule has 0 atom stereocenters. The Hall–Kier alpha value is -1.29. The molecule has 0 fully saturated rings. The number of primary amides is 1. The lowest BCUT2D eigenvalue weighted by Gasteiger charge is -2.30. The van der Waals surface area contributed by atoms with E-state index in [1.165, 1.54) is 0 Å². The Labute approximate surface area is 174 Å². The van der Waals surface area contributed by atoms with Gasteiger partial charge in [0.25, 0.3) is 5.91 Å². The number of amides is 1. The highest BCUT2D eigenvalue weighted by molar-refractivity contribution is 14.0. The van der Waals surface area contributed by atoms with Gasteiger partial charge in [-0.15, -0.1) is 24.0 Å². The van der Waals surface area contributed by atoms with Gasteiger partial charge in [-0.3, -0.25) is 9.69 Å². The minimum absolute atomic E-state index is 0. The third kappa shape index (κ3) is 8.88. The van der Waals surface area contributed by atoms with Gasteiger partial charge in [0, 0.05) is 31.7 Å². The number of aliphatic imine (C=N–C) groups is 1. The van der Waals surface area contributed by atoms with E-state index in [0.29, 0.717) is 24.4 Å². The molecule has 1 rings (SSSR count). The number of furan rings is 1. The van der Waals surface area contributed by atoms with Crippen molar-refractivity contribution in [3.05, 3.63) is 23.7 Å². The summed E-state index contributed by atoms with van der Waals surface area (Å²) in [6.45, 7) is 13.9. The average molecular weight is 479 g/mol. The lowest BCUT2D eigenvalue weighted by Crippen LogP contribution is -2.41. The van der Waals surface area contributed by atoms with E-state index in [0.717, 1.165) is 32.0 Å². The number of nitrogens with zero attached hydrogens (tertiary/aromatic N) is 2. The third-order valence-electron chi connectivity index (χ3n) is 3.85. The normalized spacial score (nSPS) is 11.8. The molecule has 0 saturated heterocycles. The van der Waals surface area contributed by atoms with Crippen LogP contribution < -0.4 is 16.4 Å². The molecule has 8 heteroatoms. The van der Waals surface area contributed by atoms with Crippen molar-refractivity contribution in [1.82, 2.24) is 15.5 Å². The molecule has 150 valence electrons. The molecule has 0 spiro atoms. The fourth-order valence-corrected chi connectivity index (χ4v) is 2.68. The van der Waals surface area contributed by atoms with Gasteiger partial charge in [0.1, 0.15) is 12.3 Å². The van der Waals surface area contributed by atoms with Crippen molar-refractivity contribution in [1.29, 1.82) is 0 Å². The first kappa shape index (κ1) is 24.7. The van der Waals surface area contributed by atoms with E-state index in [4.69, 9.17) is 10.2 Å². The Morgan fingerprint density at radius 3 is 2.38 bits per heavy atom. The molecular formula is C18H34IN5O2. The zero-order chi connectivity index (χ0) is 18.8. The molecule has 0 unspecified atom stereocenters. The Balaban J connectivity index is 0.00000625. The van der Waals surface area contributed by atoms with Crippen molar-refractivity contribution in [3.63, 3.8) is 0 Å². The molecule has 0 radical (unpaired) electrons. The molecule has 1 aromatic heterocycles. The SMILES string of the molecule is CCNC(=NCc1ccc(C(N)=O)o1)NCCCN(C(C)C)C(C)C.I. The predicted octanol–water partition coefficient (Wildman–Crippen LogP) is 2.56. The minimum atomic E-state index is -0.569. The Kier molecular flexibility index (Phi) is 12.3. The second-order valence-corrected chi connectivity index (χ2v) is 6.53. The van der Waals surface area contributed by atoms with Crippen LogP contribution in [0, 0.1) is 0 Å². The first-order chi connectivity index (χ1) is 11.8. The molecule has 4 N–H and O–H groups in total. The Bertz CT molecular complexity index is 550. The van der Waals surface area contributed by atoms with Gasteiger partial charge in [-0.05, 0) is 53.2 Å². The van der Waals surface area contributed by atoms with Gasteiger partial charge in [0.05, 0.1) is 0 Å². The molecule has 0 aliphatic rings. The molecule has 0 aliphatic carbocycles. The fraction of sp³-hybridized carbons (Fsp3) is 0.667. The van der Waals surface area contributed by atoms with Crippen LogP contribution in [0.25, 0.3) is 0 Å². The molecule has 0 aliphatic heterocycles. The van der Waals surface area contributed by atoms with Gasteiger partial charge in [0.15, 0.2) is 11.7 Å². The number of rotatable bonds is 10. The molecule has 7 nitrogen and oxygen atoms in total. The standard InChI is InChI=1S/C18H33N5O2.HI/c1-6-20-18(21-10-7-11-23(13(2)3)14(4)5)22-12-15-8-9-16(25-15)17(19)24;/h8-9,13-14H,6-7,10-12H2,1-5H3,(H2,19,24)(H2,20,21,22);1H. The highest BCUT2D eigenvalue weighted by Crippen LogP contribution is 2.08. The Morgan fingerprint density at radius 2 is 1.88 bits per heavy atom. The first-order valence-corrected chi connectivity index (χ1v) is 9.01. The zero-order valence-electron chi connectivity index (χ0n) is 16.5. The topological polar surface area (TPSA) is 95.9 Å². The van der Waals surface area contributed by atoms with Gasteiger partial charge in [-0.1, -0.05) is 0 Å². The number of carbonyl (C=O) groups excluding carboxylic acids is 1. The lowest BCUT2D eigenvalue weighted by molar-refractivity contribution is 0.0972. The summed E-state index contributed by atoms with van der Waals surface area (Å²) >= 11 is 0. The van der Waals surface area contributed by atoms with Crippen LogP contribution in [-0.4, -0.2) is 48.5 Å². The maximum atomic E-state index is 11.0. The van der Waals surface area contributed by atoms with Crippen molar-refractivity contribution < 1.29 is 9.21 Å². The summed E-state index contributed by atoms with van der Waals surface area (Å²) in [6.07, 6.45) is 1.04. The van der Waals surface area contributed by atoms with Crippen molar-refractivity contribution in [2.75, 3.05) is 19.6 Å². The van der Waals surface area contributed by atoms with Gasteiger partial charge in [-0.2, -0.15) is 0 Å². The van der Waals surface area contributed by atoms with Crippen LogP contribution >= 0.6 is 24.0 Å². The van der Waals surface area contributed by atoms with Crippen LogP contribution in [0.1, 0.15) is 57.4 Å². The van der Waals surface area contributed by atoms with E-state index >= 15 is 0 Å². The predicted molar refractivity (Wildman–Crippen MR) is 117 cm³/mol. The van der Waals surface area contributed by atoms with E-state index < -0.39 is 5.91 Å². The smallest absolute Gasteiger partial charge is 0.284 e. The van der Waals surface area contributed by atoms with Gasteiger partial charge in [0.2, 0.25) is 0 Å². The van der Waals surface area contributed by atoms with E-state index in [1.54, 1.807) is 12.1 Å². The summed E-state index contributed by atoms with van der Waals surface area (Å²) < 4.78 is 5.34. The summed E-state index contributed by atoms with van der Waals surface area (Å²) in [6, 6.07) is 4.37. The first-order valence-electron chi connectivity index (χ1n) is 9.01. The molecular weight excluding hydrogens is 445 g/mol. The maximum absolute atomic E-state index is 11.0. The monoisotopic (exact) mass is 479 g/mol. The number of carbonyl (C=O) groups is 1. The van der Waals surface area contributed by atoms with Crippen LogP contribution in [0.15, 0.2) is 21.5 Å². The van der Waals surface area contributed by atoms with E-state index in [1.807, 2.05) is 6.92 Å². The summed E-state index contributed by atoms with van der Waals surface area (Å²) in [4.78, 5) is 18.0. The largest absolute Gasteiger partial charge is 0.454 e. The van der Waals surface area contributed by atoms with Gasteiger partial charge < -0.3 is 20.8 Å². The van der Waals surface area contributed by atoms with E-state index in [9.17, 15) is 4.79 Å². The average Bonchev–Trinajstić information content (AvgIpc) is 3.00. The third-order valence-corrected chi connectivity index (χ3v) is 3.85. The summed E-state index contributed by atoms with van der Waals surface area (Å²) in [5.74, 6) is 0.933. The van der Waals surface area contributed by atoms with Crippen LogP contribution in [0.5, 0.6) is 0 Å². The number of guanidine groups is 1. The zero-order valence-corrected chi connectivity index (χ0v) is 18.9. The van der Waals surface area contributed by atoms with Crippen molar-refractivity contribution in [2.24, 2.45) is 10.7 Å². The van der Waals surface area contributed by atoms with Crippen molar-refractivity contribution >= 4 is 35.8 Å². The van der Waals surface area contributed by atoms with Crippen molar-refractivity contribution in [3.8, 4) is 0 Å². The molecule has 1 amide bonds.